The SMILES string of the molecule is C1=C2C(=Cc3cc4ccccc4cc32)c2ccc3ccccc3c2C1. The van der Waals surface area contributed by atoms with E-state index in [1.807, 2.05) is 0 Å². The maximum atomic E-state index is 2.42. The number of allylic oxidation sites excluding steroid dienone is 3. The number of hydrogen-bond donors (Lipinski definition) is 0. The first-order chi connectivity index (χ1) is 12.4. The van der Waals surface area contributed by atoms with Gasteiger partial charge in [0.1, 0.15) is 0 Å². The van der Waals surface area contributed by atoms with Crippen LogP contribution in [0, 0.1) is 0 Å². The smallest absolute Gasteiger partial charge is 0.00757 e. The zero-order valence-corrected chi connectivity index (χ0v) is 13.8. The molecule has 0 bridgehead atoms. The second-order valence-electron chi connectivity index (χ2n) is 6.98. The summed E-state index contributed by atoms with van der Waals surface area (Å²) in [6.07, 6.45) is 5.80. The summed E-state index contributed by atoms with van der Waals surface area (Å²) in [5.41, 5.74) is 8.39. The van der Waals surface area contributed by atoms with Gasteiger partial charge in [-0.2, -0.15) is 0 Å². The molecule has 0 spiro atoms. The average Bonchev–Trinajstić information content (AvgIpc) is 3.03. The Labute approximate surface area is 146 Å². The van der Waals surface area contributed by atoms with Crippen LogP contribution in [0.1, 0.15) is 22.3 Å². The predicted molar refractivity (Wildman–Crippen MR) is 107 cm³/mol. The van der Waals surface area contributed by atoms with Crippen molar-refractivity contribution >= 4 is 38.8 Å². The van der Waals surface area contributed by atoms with Gasteiger partial charge >= 0.3 is 0 Å². The van der Waals surface area contributed by atoms with Gasteiger partial charge in [0.25, 0.3) is 0 Å². The van der Waals surface area contributed by atoms with Gasteiger partial charge in [-0.3, -0.25) is 0 Å². The standard InChI is InChI=1S/C25H16/c1-2-7-18-14-24-19(13-17(18)6-1)15-25-22-10-9-16-5-3-4-8-20(16)21(22)11-12-23(24)25/h1-10,12-15H,11H2. The Morgan fingerprint density at radius 3 is 2.24 bits per heavy atom. The summed E-state index contributed by atoms with van der Waals surface area (Å²) in [4.78, 5) is 0. The topological polar surface area (TPSA) is 0 Å². The Hall–Kier alpha value is -3.12. The van der Waals surface area contributed by atoms with E-state index in [1.165, 1.54) is 54.9 Å². The minimum absolute atomic E-state index is 1.01. The van der Waals surface area contributed by atoms with Crippen LogP contribution < -0.4 is 0 Å². The van der Waals surface area contributed by atoms with Crippen LogP contribution in [0.2, 0.25) is 0 Å². The molecule has 0 aliphatic heterocycles. The van der Waals surface area contributed by atoms with Crippen LogP contribution >= 0.6 is 0 Å². The molecule has 0 atom stereocenters. The minimum atomic E-state index is 1.01. The Morgan fingerprint density at radius 1 is 0.600 bits per heavy atom. The number of hydrogen-bond acceptors (Lipinski definition) is 0. The molecule has 0 heteroatoms. The third-order valence-electron chi connectivity index (χ3n) is 5.64. The highest BCUT2D eigenvalue weighted by molar-refractivity contribution is 6.20. The summed E-state index contributed by atoms with van der Waals surface area (Å²) in [7, 11) is 0. The second kappa shape index (κ2) is 4.70. The van der Waals surface area contributed by atoms with Crippen LogP contribution in [0.5, 0.6) is 0 Å². The van der Waals surface area contributed by atoms with Crippen molar-refractivity contribution < 1.29 is 0 Å². The van der Waals surface area contributed by atoms with Gasteiger partial charge in [-0.05, 0) is 79.6 Å². The van der Waals surface area contributed by atoms with E-state index in [2.05, 4.69) is 84.9 Å². The minimum Gasteiger partial charge on any atom is -0.0716 e. The lowest BCUT2D eigenvalue weighted by Crippen LogP contribution is -2.00. The first-order valence-electron chi connectivity index (χ1n) is 8.85. The molecule has 116 valence electrons. The zero-order valence-electron chi connectivity index (χ0n) is 13.8. The van der Waals surface area contributed by atoms with E-state index in [9.17, 15) is 0 Å². The van der Waals surface area contributed by atoms with Crippen molar-refractivity contribution in [2.45, 2.75) is 6.42 Å². The maximum Gasteiger partial charge on any atom is -0.00757 e. The molecule has 0 nitrogen and oxygen atoms in total. The van der Waals surface area contributed by atoms with Crippen molar-refractivity contribution in [1.29, 1.82) is 0 Å². The molecule has 0 N–H and O–H groups in total. The molecule has 0 saturated heterocycles. The molecule has 0 fully saturated rings. The van der Waals surface area contributed by atoms with Crippen molar-refractivity contribution in [2.24, 2.45) is 0 Å². The first-order valence-corrected chi connectivity index (χ1v) is 8.85. The molecule has 2 aliphatic rings. The van der Waals surface area contributed by atoms with Gasteiger partial charge in [0.2, 0.25) is 0 Å². The first kappa shape index (κ1) is 13.2. The normalized spacial score (nSPS) is 14.7. The summed E-state index contributed by atoms with van der Waals surface area (Å²) in [6, 6.07) is 26.6. The Balaban J connectivity index is 1.62. The third kappa shape index (κ3) is 1.77. The Morgan fingerprint density at radius 2 is 1.36 bits per heavy atom. The number of benzene rings is 4. The molecule has 4 aromatic rings. The average molecular weight is 316 g/mol. The largest absolute Gasteiger partial charge is 0.0716 e. The molecular formula is C25H16. The molecule has 4 aromatic carbocycles. The molecule has 25 heavy (non-hydrogen) atoms. The Bertz CT molecular complexity index is 1250. The van der Waals surface area contributed by atoms with E-state index in [0.717, 1.165) is 6.42 Å². The summed E-state index contributed by atoms with van der Waals surface area (Å²) < 4.78 is 0. The third-order valence-corrected chi connectivity index (χ3v) is 5.64. The highest BCUT2D eigenvalue weighted by Crippen LogP contribution is 2.47. The van der Waals surface area contributed by atoms with Crippen LogP contribution in [0.25, 0.3) is 38.8 Å². The van der Waals surface area contributed by atoms with Crippen molar-refractivity contribution in [3.63, 3.8) is 0 Å². The molecule has 0 radical (unpaired) electrons. The zero-order chi connectivity index (χ0) is 16.4. The highest BCUT2D eigenvalue weighted by atomic mass is 14.3. The van der Waals surface area contributed by atoms with Crippen LogP contribution in [-0.2, 0) is 6.42 Å². The molecule has 6 rings (SSSR count). The van der Waals surface area contributed by atoms with Crippen LogP contribution in [0.15, 0.2) is 78.9 Å². The van der Waals surface area contributed by atoms with Crippen LogP contribution in [0.4, 0.5) is 0 Å². The van der Waals surface area contributed by atoms with Gasteiger partial charge in [-0.15, -0.1) is 0 Å². The summed E-state index contributed by atoms with van der Waals surface area (Å²) >= 11 is 0. The van der Waals surface area contributed by atoms with E-state index >= 15 is 0 Å². The van der Waals surface area contributed by atoms with Crippen LogP contribution in [-0.4, -0.2) is 0 Å². The van der Waals surface area contributed by atoms with E-state index < -0.39 is 0 Å². The lowest BCUT2D eigenvalue weighted by atomic mass is 9.84. The lowest BCUT2D eigenvalue weighted by Gasteiger charge is -2.20. The molecule has 0 unspecified atom stereocenters. The van der Waals surface area contributed by atoms with Crippen LogP contribution in [0.3, 0.4) is 0 Å². The fraction of sp³-hybridized carbons (Fsp3) is 0.0400. The van der Waals surface area contributed by atoms with Gasteiger partial charge in [-0.1, -0.05) is 66.7 Å². The van der Waals surface area contributed by atoms with E-state index in [1.54, 1.807) is 0 Å². The maximum absolute atomic E-state index is 2.42. The van der Waals surface area contributed by atoms with Gasteiger partial charge in [0.15, 0.2) is 0 Å². The quantitative estimate of drug-likeness (QED) is 0.348. The summed E-state index contributed by atoms with van der Waals surface area (Å²) in [6.45, 7) is 0. The number of rotatable bonds is 0. The fourth-order valence-electron chi connectivity index (χ4n) is 4.44. The molecule has 0 heterocycles. The van der Waals surface area contributed by atoms with Gasteiger partial charge < -0.3 is 0 Å². The number of fused-ring (bicyclic) bond motifs is 8. The predicted octanol–water partition coefficient (Wildman–Crippen LogP) is 6.49. The van der Waals surface area contributed by atoms with Gasteiger partial charge in [0.05, 0.1) is 0 Å². The lowest BCUT2D eigenvalue weighted by molar-refractivity contribution is 1.27. The van der Waals surface area contributed by atoms with E-state index in [4.69, 9.17) is 0 Å². The highest BCUT2D eigenvalue weighted by Gasteiger charge is 2.25. The molecule has 0 aromatic heterocycles. The summed E-state index contributed by atoms with van der Waals surface area (Å²) in [5.74, 6) is 0. The van der Waals surface area contributed by atoms with Crippen molar-refractivity contribution in [1.82, 2.24) is 0 Å². The van der Waals surface area contributed by atoms with Crippen molar-refractivity contribution in [2.75, 3.05) is 0 Å². The molecule has 2 aliphatic carbocycles. The summed E-state index contributed by atoms with van der Waals surface area (Å²) in [5, 5.41) is 5.36. The monoisotopic (exact) mass is 316 g/mol. The van der Waals surface area contributed by atoms with E-state index in [-0.39, 0.29) is 0 Å². The van der Waals surface area contributed by atoms with E-state index in [0.29, 0.717) is 0 Å². The fourth-order valence-corrected chi connectivity index (χ4v) is 4.44. The molecule has 0 saturated carbocycles. The second-order valence-corrected chi connectivity index (χ2v) is 6.98. The molecular weight excluding hydrogens is 300 g/mol. The van der Waals surface area contributed by atoms with Crippen molar-refractivity contribution in [3.05, 3.63) is 101 Å². The molecule has 0 amide bonds. The Kier molecular flexibility index (Phi) is 2.48. The van der Waals surface area contributed by atoms with Gasteiger partial charge in [-0.25, -0.2) is 0 Å². The van der Waals surface area contributed by atoms with Crippen molar-refractivity contribution in [3.8, 4) is 0 Å². The van der Waals surface area contributed by atoms with Gasteiger partial charge in [0, 0.05) is 0 Å².